The van der Waals surface area contributed by atoms with Crippen LogP contribution in [-0.2, 0) is 4.79 Å². The zero-order chi connectivity index (χ0) is 15.9. The molecule has 1 aliphatic carbocycles. The van der Waals surface area contributed by atoms with E-state index in [9.17, 15) is 4.79 Å². The molecule has 1 atom stereocenters. The van der Waals surface area contributed by atoms with Crippen molar-refractivity contribution in [3.8, 4) is 0 Å². The normalized spacial score (nSPS) is 21.7. The lowest BCUT2D eigenvalue weighted by Crippen LogP contribution is -2.47. The van der Waals surface area contributed by atoms with Crippen molar-refractivity contribution >= 4 is 34.8 Å². The smallest absolute Gasteiger partial charge is 0.251 e. The maximum Gasteiger partial charge on any atom is 0.251 e. The highest BCUT2D eigenvalue weighted by molar-refractivity contribution is 7.80. The highest BCUT2D eigenvalue weighted by atomic mass is 35.5. The fourth-order valence-electron chi connectivity index (χ4n) is 2.53. The SMILES string of the molecule is CC1=C(C(=O)NC2CC2)[C@@H](c2ccc(Cl)cc2)NC(=S)N1C. The predicted molar refractivity (Wildman–Crippen MR) is 91.6 cm³/mol. The number of hydrogen-bond acceptors (Lipinski definition) is 2. The zero-order valence-corrected chi connectivity index (χ0v) is 14.1. The van der Waals surface area contributed by atoms with Crippen molar-refractivity contribution in [2.75, 3.05) is 7.05 Å². The molecule has 4 nitrogen and oxygen atoms in total. The first-order valence-corrected chi connectivity index (χ1v) is 8.07. The molecule has 0 saturated heterocycles. The van der Waals surface area contributed by atoms with Crippen molar-refractivity contribution in [3.05, 3.63) is 46.1 Å². The van der Waals surface area contributed by atoms with Crippen LogP contribution in [0.5, 0.6) is 0 Å². The first-order chi connectivity index (χ1) is 10.5. The summed E-state index contributed by atoms with van der Waals surface area (Å²) in [5.41, 5.74) is 2.56. The molecule has 1 saturated carbocycles. The van der Waals surface area contributed by atoms with Gasteiger partial charge in [-0.1, -0.05) is 23.7 Å². The number of carbonyl (C=O) groups excluding carboxylic acids is 1. The van der Waals surface area contributed by atoms with Gasteiger partial charge in [0.1, 0.15) is 0 Å². The van der Waals surface area contributed by atoms with E-state index in [0.29, 0.717) is 21.8 Å². The summed E-state index contributed by atoms with van der Waals surface area (Å²) in [6.07, 6.45) is 2.12. The van der Waals surface area contributed by atoms with Crippen LogP contribution in [0.15, 0.2) is 35.5 Å². The summed E-state index contributed by atoms with van der Waals surface area (Å²) >= 11 is 11.3. The molecular weight excluding hydrogens is 318 g/mol. The van der Waals surface area contributed by atoms with Crippen LogP contribution in [0.1, 0.15) is 31.4 Å². The largest absolute Gasteiger partial charge is 0.351 e. The molecule has 2 N–H and O–H groups in total. The Hall–Kier alpha value is -1.59. The maximum atomic E-state index is 12.7. The molecular formula is C16H18ClN3OS. The van der Waals surface area contributed by atoms with Gasteiger partial charge >= 0.3 is 0 Å². The van der Waals surface area contributed by atoms with Crippen molar-refractivity contribution in [2.24, 2.45) is 0 Å². The van der Waals surface area contributed by atoms with Gasteiger partial charge in [0.2, 0.25) is 0 Å². The monoisotopic (exact) mass is 335 g/mol. The van der Waals surface area contributed by atoms with Crippen molar-refractivity contribution in [3.63, 3.8) is 0 Å². The number of carbonyl (C=O) groups is 1. The second-order valence-electron chi connectivity index (χ2n) is 5.74. The van der Waals surface area contributed by atoms with E-state index in [1.165, 1.54) is 0 Å². The second kappa shape index (κ2) is 5.89. The van der Waals surface area contributed by atoms with Gasteiger partial charge in [0, 0.05) is 23.8 Å². The average Bonchev–Trinajstić information content (AvgIpc) is 3.29. The van der Waals surface area contributed by atoms with Gasteiger partial charge in [-0.05, 0) is 49.7 Å². The van der Waals surface area contributed by atoms with Gasteiger partial charge in [0.25, 0.3) is 5.91 Å². The van der Waals surface area contributed by atoms with E-state index in [2.05, 4.69) is 10.6 Å². The minimum atomic E-state index is -0.250. The van der Waals surface area contributed by atoms with Crippen molar-refractivity contribution in [1.82, 2.24) is 15.5 Å². The van der Waals surface area contributed by atoms with E-state index >= 15 is 0 Å². The van der Waals surface area contributed by atoms with Crippen LogP contribution in [0.4, 0.5) is 0 Å². The lowest BCUT2D eigenvalue weighted by atomic mass is 9.94. The summed E-state index contributed by atoms with van der Waals surface area (Å²) in [6.45, 7) is 1.93. The van der Waals surface area contributed by atoms with Crippen LogP contribution in [0, 0.1) is 0 Å². The molecule has 6 heteroatoms. The van der Waals surface area contributed by atoms with Crippen LogP contribution >= 0.6 is 23.8 Å². The molecule has 3 rings (SSSR count). The lowest BCUT2D eigenvalue weighted by Gasteiger charge is -2.35. The van der Waals surface area contributed by atoms with E-state index < -0.39 is 0 Å². The van der Waals surface area contributed by atoms with Crippen LogP contribution in [0.25, 0.3) is 0 Å². The van der Waals surface area contributed by atoms with Crippen molar-refractivity contribution in [2.45, 2.75) is 31.8 Å². The minimum Gasteiger partial charge on any atom is -0.351 e. The van der Waals surface area contributed by atoms with E-state index in [1.807, 2.05) is 43.1 Å². The highest BCUT2D eigenvalue weighted by Crippen LogP contribution is 2.31. The van der Waals surface area contributed by atoms with Gasteiger partial charge in [-0.2, -0.15) is 0 Å². The van der Waals surface area contributed by atoms with Gasteiger partial charge in [0.05, 0.1) is 11.6 Å². The Balaban J connectivity index is 1.99. The van der Waals surface area contributed by atoms with Crippen molar-refractivity contribution < 1.29 is 4.79 Å². The van der Waals surface area contributed by atoms with Gasteiger partial charge in [-0.15, -0.1) is 0 Å². The Morgan fingerprint density at radius 3 is 2.59 bits per heavy atom. The molecule has 1 heterocycles. The lowest BCUT2D eigenvalue weighted by molar-refractivity contribution is -0.118. The number of halogens is 1. The summed E-state index contributed by atoms with van der Waals surface area (Å²) in [5.74, 6) is -0.0261. The molecule has 1 fully saturated rings. The topological polar surface area (TPSA) is 44.4 Å². The Bertz CT molecular complexity index is 652. The zero-order valence-electron chi connectivity index (χ0n) is 12.5. The summed E-state index contributed by atoms with van der Waals surface area (Å²) in [7, 11) is 1.87. The number of nitrogens with zero attached hydrogens (tertiary/aromatic N) is 1. The van der Waals surface area contributed by atoms with Gasteiger partial charge in [0.15, 0.2) is 5.11 Å². The van der Waals surface area contributed by atoms with Gasteiger partial charge in [-0.3, -0.25) is 4.79 Å². The third-order valence-electron chi connectivity index (χ3n) is 4.11. The molecule has 0 radical (unpaired) electrons. The molecule has 1 aromatic carbocycles. The number of hydrogen-bond donors (Lipinski definition) is 2. The molecule has 1 aromatic rings. The molecule has 116 valence electrons. The second-order valence-corrected chi connectivity index (χ2v) is 6.56. The minimum absolute atomic E-state index is 0.0261. The first kappa shape index (κ1) is 15.3. The Morgan fingerprint density at radius 2 is 2.00 bits per heavy atom. The third-order valence-corrected chi connectivity index (χ3v) is 4.76. The fourth-order valence-corrected chi connectivity index (χ4v) is 2.91. The summed E-state index contributed by atoms with van der Waals surface area (Å²) in [6, 6.07) is 7.56. The molecule has 0 unspecified atom stereocenters. The summed E-state index contributed by atoms with van der Waals surface area (Å²) in [5, 5.41) is 7.60. The molecule has 1 aliphatic heterocycles. The average molecular weight is 336 g/mol. The molecule has 0 aromatic heterocycles. The number of thiocarbonyl (C=S) groups is 1. The number of allylic oxidation sites excluding steroid dienone is 1. The standard InChI is InChI=1S/C16H18ClN3OS/c1-9-13(15(21)18-12-7-8-12)14(19-16(22)20(9)2)10-3-5-11(17)6-4-10/h3-6,12,14H,7-8H2,1-2H3,(H,18,21)(H,19,22)/t14-/m1/s1. The van der Waals surface area contributed by atoms with E-state index in [4.69, 9.17) is 23.8 Å². The highest BCUT2D eigenvalue weighted by Gasteiger charge is 2.34. The number of rotatable bonds is 3. The van der Waals surface area contributed by atoms with Crippen molar-refractivity contribution in [1.29, 1.82) is 0 Å². The first-order valence-electron chi connectivity index (χ1n) is 7.28. The molecule has 22 heavy (non-hydrogen) atoms. The van der Waals surface area contributed by atoms with Crippen LogP contribution in [0.3, 0.4) is 0 Å². The Kier molecular flexibility index (Phi) is 4.10. The molecule has 0 bridgehead atoms. The van der Waals surface area contributed by atoms with Gasteiger partial charge in [-0.25, -0.2) is 0 Å². The Morgan fingerprint density at radius 1 is 1.36 bits per heavy atom. The van der Waals surface area contributed by atoms with Crippen LogP contribution in [0.2, 0.25) is 5.02 Å². The quantitative estimate of drug-likeness (QED) is 0.834. The molecule has 2 aliphatic rings. The fraction of sp³-hybridized carbons (Fsp3) is 0.375. The van der Waals surface area contributed by atoms with E-state index in [-0.39, 0.29) is 11.9 Å². The molecule has 1 amide bonds. The number of amides is 1. The summed E-state index contributed by atoms with van der Waals surface area (Å²) < 4.78 is 0. The predicted octanol–water partition coefficient (Wildman–Crippen LogP) is 2.75. The third kappa shape index (κ3) is 2.96. The van der Waals surface area contributed by atoms with Crippen LogP contribution in [-0.4, -0.2) is 29.0 Å². The van der Waals surface area contributed by atoms with Crippen LogP contribution < -0.4 is 10.6 Å². The maximum absolute atomic E-state index is 12.7. The van der Waals surface area contributed by atoms with E-state index in [0.717, 1.165) is 24.1 Å². The van der Waals surface area contributed by atoms with E-state index in [1.54, 1.807) is 0 Å². The number of nitrogens with one attached hydrogen (secondary N) is 2. The molecule has 0 spiro atoms. The Labute approximate surface area is 140 Å². The number of benzene rings is 1. The summed E-state index contributed by atoms with van der Waals surface area (Å²) in [4.78, 5) is 14.5. The van der Waals surface area contributed by atoms with Gasteiger partial charge < -0.3 is 15.5 Å².